The molecule has 0 aliphatic carbocycles. The number of piperidine rings is 1. The van der Waals surface area contributed by atoms with Crippen LogP contribution in [0.1, 0.15) is 31.5 Å². The first-order valence-corrected chi connectivity index (χ1v) is 6.59. The van der Waals surface area contributed by atoms with E-state index in [0.717, 1.165) is 25.9 Å². The maximum atomic E-state index is 11.5. The Kier molecular flexibility index (Phi) is 4.19. The van der Waals surface area contributed by atoms with E-state index in [2.05, 4.69) is 14.9 Å². The third-order valence-corrected chi connectivity index (χ3v) is 3.46. The third-order valence-electron chi connectivity index (χ3n) is 3.46. The monoisotopic (exact) mass is 265 g/mol. The Hall–Kier alpha value is -1.85. The van der Waals surface area contributed by atoms with Crippen molar-refractivity contribution in [1.82, 2.24) is 9.97 Å². The van der Waals surface area contributed by atoms with Gasteiger partial charge < -0.3 is 15.0 Å². The van der Waals surface area contributed by atoms with Crippen molar-refractivity contribution in [2.24, 2.45) is 5.92 Å². The minimum absolute atomic E-state index is 0.143. The fourth-order valence-corrected chi connectivity index (χ4v) is 2.56. The average molecular weight is 265 g/mol. The van der Waals surface area contributed by atoms with Gasteiger partial charge >= 0.3 is 5.97 Å². The zero-order chi connectivity index (χ0) is 13.8. The molecule has 2 heterocycles. The van der Waals surface area contributed by atoms with E-state index in [1.165, 1.54) is 6.07 Å². The lowest BCUT2D eigenvalue weighted by Gasteiger charge is -2.33. The van der Waals surface area contributed by atoms with Crippen molar-refractivity contribution in [1.29, 1.82) is 0 Å². The number of carboxylic acids is 1. The predicted molar refractivity (Wildman–Crippen MR) is 71.4 cm³/mol. The zero-order valence-electron chi connectivity index (χ0n) is 11.1. The lowest BCUT2D eigenvalue weighted by atomic mass is 9.93. The molecule has 2 N–H and O–H groups in total. The van der Waals surface area contributed by atoms with Crippen LogP contribution in [0.5, 0.6) is 0 Å². The standard InChI is InChI=1S/C13H19N3O3/c1-9-14-11(7-12(17)15-9)16-6-2-3-10(8-16)4-5-13(18)19/h7,10H,2-6,8H2,1H3,(H,18,19)(H,14,15,17). The van der Waals surface area contributed by atoms with Crippen molar-refractivity contribution >= 4 is 11.8 Å². The summed E-state index contributed by atoms with van der Waals surface area (Å²) in [7, 11) is 0. The molecule has 1 unspecified atom stereocenters. The number of anilines is 1. The lowest BCUT2D eigenvalue weighted by Crippen LogP contribution is -2.37. The van der Waals surface area contributed by atoms with E-state index >= 15 is 0 Å². The summed E-state index contributed by atoms with van der Waals surface area (Å²) >= 11 is 0. The van der Waals surface area contributed by atoms with E-state index < -0.39 is 5.97 Å². The van der Waals surface area contributed by atoms with Crippen LogP contribution in [0, 0.1) is 12.8 Å². The van der Waals surface area contributed by atoms with Crippen molar-refractivity contribution < 1.29 is 9.90 Å². The molecule has 2 rings (SSSR count). The van der Waals surface area contributed by atoms with Crippen LogP contribution in [-0.2, 0) is 4.79 Å². The molecule has 0 aromatic carbocycles. The van der Waals surface area contributed by atoms with Gasteiger partial charge in [0.1, 0.15) is 11.6 Å². The van der Waals surface area contributed by atoms with Crippen molar-refractivity contribution in [3.05, 3.63) is 22.2 Å². The largest absolute Gasteiger partial charge is 0.481 e. The van der Waals surface area contributed by atoms with Gasteiger partial charge in [0, 0.05) is 25.6 Å². The zero-order valence-corrected chi connectivity index (χ0v) is 11.1. The van der Waals surface area contributed by atoms with Gasteiger partial charge in [0.2, 0.25) is 0 Å². The number of aliphatic carboxylic acids is 1. The van der Waals surface area contributed by atoms with E-state index in [9.17, 15) is 9.59 Å². The molecule has 1 aromatic heterocycles. The minimum atomic E-state index is -0.748. The number of aromatic amines is 1. The van der Waals surface area contributed by atoms with Gasteiger partial charge in [-0.1, -0.05) is 0 Å². The van der Waals surface area contributed by atoms with Gasteiger partial charge in [-0.15, -0.1) is 0 Å². The summed E-state index contributed by atoms with van der Waals surface area (Å²) in [5.41, 5.74) is -0.143. The number of aromatic nitrogens is 2. The van der Waals surface area contributed by atoms with Gasteiger partial charge in [-0.05, 0) is 32.1 Å². The van der Waals surface area contributed by atoms with Crippen molar-refractivity contribution in [3.63, 3.8) is 0 Å². The summed E-state index contributed by atoms with van der Waals surface area (Å²) in [4.78, 5) is 31.1. The predicted octanol–water partition coefficient (Wildman–Crippen LogP) is 1.16. The molecule has 1 fully saturated rings. The second-order valence-corrected chi connectivity index (χ2v) is 5.08. The molecule has 1 atom stereocenters. The Balaban J connectivity index is 2.04. The Morgan fingerprint density at radius 2 is 2.42 bits per heavy atom. The highest BCUT2D eigenvalue weighted by molar-refractivity contribution is 5.66. The van der Waals surface area contributed by atoms with Gasteiger partial charge in [-0.3, -0.25) is 9.59 Å². The number of aryl methyl sites for hydroxylation is 1. The summed E-state index contributed by atoms with van der Waals surface area (Å²) in [6.45, 7) is 3.42. The number of nitrogens with zero attached hydrogens (tertiary/aromatic N) is 2. The molecule has 0 saturated carbocycles. The summed E-state index contributed by atoms with van der Waals surface area (Å²) in [6, 6.07) is 1.51. The van der Waals surface area contributed by atoms with E-state index in [1.807, 2.05) is 0 Å². The molecule has 0 bridgehead atoms. The first-order chi connectivity index (χ1) is 9.04. The minimum Gasteiger partial charge on any atom is -0.481 e. The molecule has 0 radical (unpaired) electrons. The molecule has 1 aliphatic rings. The fourth-order valence-electron chi connectivity index (χ4n) is 2.56. The second-order valence-electron chi connectivity index (χ2n) is 5.08. The summed E-state index contributed by atoms with van der Waals surface area (Å²) < 4.78 is 0. The first-order valence-electron chi connectivity index (χ1n) is 6.59. The maximum absolute atomic E-state index is 11.5. The number of hydrogen-bond donors (Lipinski definition) is 2. The van der Waals surface area contributed by atoms with Crippen LogP contribution in [-0.4, -0.2) is 34.1 Å². The third kappa shape index (κ3) is 3.81. The van der Waals surface area contributed by atoms with E-state index in [4.69, 9.17) is 5.11 Å². The maximum Gasteiger partial charge on any atom is 0.303 e. The fraction of sp³-hybridized carbons (Fsp3) is 0.615. The molecule has 1 saturated heterocycles. The van der Waals surface area contributed by atoms with Crippen LogP contribution in [0.25, 0.3) is 0 Å². The number of carboxylic acid groups (broad SMARTS) is 1. The lowest BCUT2D eigenvalue weighted by molar-refractivity contribution is -0.137. The number of rotatable bonds is 4. The molecule has 19 heavy (non-hydrogen) atoms. The SMILES string of the molecule is Cc1nc(N2CCCC(CCC(=O)O)C2)cc(=O)[nH]1. The quantitative estimate of drug-likeness (QED) is 0.853. The first kappa shape index (κ1) is 13.6. The van der Waals surface area contributed by atoms with Gasteiger partial charge in [0.05, 0.1) is 0 Å². The Morgan fingerprint density at radius 3 is 3.11 bits per heavy atom. The number of hydrogen-bond acceptors (Lipinski definition) is 4. The van der Waals surface area contributed by atoms with Crippen molar-refractivity contribution in [3.8, 4) is 0 Å². The number of H-pyrrole nitrogens is 1. The highest BCUT2D eigenvalue weighted by atomic mass is 16.4. The number of carbonyl (C=O) groups is 1. The van der Waals surface area contributed by atoms with Crippen LogP contribution in [0.2, 0.25) is 0 Å². The van der Waals surface area contributed by atoms with Crippen molar-refractivity contribution in [2.75, 3.05) is 18.0 Å². The number of nitrogens with one attached hydrogen (secondary N) is 1. The van der Waals surface area contributed by atoms with Gasteiger partial charge in [0.15, 0.2) is 0 Å². The highest BCUT2D eigenvalue weighted by Gasteiger charge is 2.21. The van der Waals surface area contributed by atoms with E-state index in [-0.39, 0.29) is 12.0 Å². The molecule has 0 amide bonds. The molecule has 104 valence electrons. The molecular formula is C13H19N3O3. The van der Waals surface area contributed by atoms with Gasteiger partial charge in [-0.25, -0.2) is 4.98 Å². The molecule has 1 aliphatic heterocycles. The normalized spacial score (nSPS) is 19.4. The van der Waals surface area contributed by atoms with E-state index in [0.29, 0.717) is 24.0 Å². The topological polar surface area (TPSA) is 86.3 Å². The summed E-state index contributed by atoms with van der Waals surface area (Å²) in [6.07, 6.45) is 2.96. The molecule has 6 heteroatoms. The van der Waals surface area contributed by atoms with Crippen LogP contribution < -0.4 is 10.5 Å². The molecule has 6 nitrogen and oxygen atoms in total. The Labute approximate surface area is 111 Å². The van der Waals surface area contributed by atoms with E-state index in [1.54, 1.807) is 6.92 Å². The average Bonchev–Trinajstić information content (AvgIpc) is 2.35. The Bertz CT molecular complexity index is 512. The van der Waals surface area contributed by atoms with Crippen LogP contribution >= 0.6 is 0 Å². The van der Waals surface area contributed by atoms with Crippen LogP contribution in [0.4, 0.5) is 5.82 Å². The highest BCUT2D eigenvalue weighted by Crippen LogP contribution is 2.24. The van der Waals surface area contributed by atoms with Crippen molar-refractivity contribution in [2.45, 2.75) is 32.6 Å². The molecule has 0 spiro atoms. The smallest absolute Gasteiger partial charge is 0.303 e. The molecular weight excluding hydrogens is 246 g/mol. The molecule has 1 aromatic rings. The summed E-state index contributed by atoms with van der Waals surface area (Å²) in [5, 5.41) is 8.73. The second kappa shape index (κ2) is 5.86. The van der Waals surface area contributed by atoms with Gasteiger partial charge in [0.25, 0.3) is 5.56 Å². The van der Waals surface area contributed by atoms with Gasteiger partial charge in [-0.2, -0.15) is 0 Å². The van der Waals surface area contributed by atoms with Crippen LogP contribution in [0.15, 0.2) is 10.9 Å². The summed E-state index contributed by atoms with van der Waals surface area (Å²) in [5.74, 6) is 0.921. The van der Waals surface area contributed by atoms with Crippen LogP contribution in [0.3, 0.4) is 0 Å². The Morgan fingerprint density at radius 1 is 1.63 bits per heavy atom.